The highest BCUT2D eigenvalue weighted by atomic mass is 32.2. The summed E-state index contributed by atoms with van der Waals surface area (Å²) >= 11 is 2.77. The molecular formula is C17H12N2O5S2. The van der Waals surface area contributed by atoms with E-state index in [9.17, 15) is 9.59 Å². The molecule has 0 spiro atoms. The highest BCUT2D eigenvalue weighted by molar-refractivity contribution is 8.00. The third kappa shape index (κ3) is 3.49. The number of rotatable bonds is 6. The molecule has 26 heavy (non-hydrogen) atoms. The molecule has 1 aromatic carbocycles. The number of fused-ring (bicyclic) bond motifs is 2. The number of nitrogens with zero attached hydrogens (tertiary/aromatic N) is 2. The third-order valence-electron chi connectivity index (χ3n) is 3.61. The van der Waals surface area contributed by atoms with E-state index < -0.39 is 5.97 Å². The fraction of sp³-hybridized carbons (Fsp3) is 0.176. The van der Waals surface area contributed by atoms with Gasteiger partial charge in [0.15, 0.2) is 23.9 Å². The van der Waals surface area contributed by atoms with Gasteiger partial charge in [-0.1, -0.05) is 11.8 Å². The van der Waals surface area contributed by atoms with E-state index in [4.69, 9.17) is 14.2 Å². The Balaban J connectivity index is 1.31. The maximum absolute atomic E-state index is 12.2. The summed E-state index contributed by atoms with van der Waals surface area (Å²) in [6.07, 6.45) is 1.47. The van der Waals surface area contributed by atoms with Crippen LogP contribution in [0.5, 0.6) is 11.5 Å². The van der Waals surface area contributed by atoms with Gasteiger partial charge < -0.3 is 14.2 Å². The van der Waals surface area contributed by atoms with Crippen LogP contribution in [0.2, 0.25) is 0 Å². The van der Waals surface area contributed by atoms with Crippen LogP contribution in [0.4, 0.5) is 0 Å². The summed E-state index contributed by atoms with van der Waals surface area (Å²) in [5.41, 5.74) is 0.408. The Hall–Kier alpha value is -2.65. The average Bonchev–Trinajstić information content (AvgIpc) is 3.32. The minimum absolute atomic E-state index is 0.0659. The summed E-state index contributed by atoms with van der Waals surface area (Å²) in [7, 11) is 0. The lowest BCUT2D eigenvalue weighted by molar-refractivity contribution is -0.139. The van der Waals surface area contributed by atoms with Gasteiger partial charge in [0.25, 0.3) is 0 Å². The molecule has 0 bridgehead atoms. The van der Waals surface area contributed by atoms with Crippen molar-refractivity contribution in [2.45, 2.75) is 5.03 Å². The van der Waals surface area contributed by atoms with Gasteiger partial charge in [0.1, 0.15) is 16.2 Å². The van der Waals surface area contributed by atoms with Gasteiger partial charge in [-0.3, -0.25) is 9.59 Å². The van der Waals surface area contributed by atoms with Crippen molar-refractivity contribution < 1.29 is 23.8 Å². The topological polar surface area (TPSA) is 87.6 Å². The van der Waals surface area contributed by atoms with Gasteiger partial charge in [-0.05, 0) is 29.6 Å². The highest BCUT2D eigenvalue weighted by Crippen LogP contribution is 2.32. The van der Waals surface area contributed by atoms with E-state index in [1.165, 1.54) is 29.4 Å². The lowest BCUT2D eigenvalue weighted by atomic mass is 10.1. The fourth-order valence-corrected chi connectivity index (χ4v) is 3.93. The van der Waals surface area contributed by atoms with E-state index in [1.807, 2.05) is 11.4 Å². The molecule has 1 aliphatic rings. The predicted octanol–water partition coefficient (Wildman–Crippen LogP) is 2.94. The largest absolute Gasteiger partial charge is 0.457 e. The Kier molecular flexibility index (Phi) is 4.72. The van der Waals surface area contributed by atoms with Crippen molar-refractivity contribution >= 4 is 45.1 Å². The van der Waals surface area contributed by atoms with Crippen molar-refractivity contribution in [3.05, 3.63) is 41.5 Å². The molecule has 0 N–H and O–H groups in total. The van der Waals surface area contributed by atoms with Crippen LogP contribution in [0.3, 0.4) is 0 Å². The second-order valence-electron chi connectivity index (χ2n) is 5.26. The van der Waals surface area contributed by atoms with Crippen LogP contribution in [0, 0.1) is 0 Å². The molecule has 0 unspecified atom stereocenters. The number of ketones is 1. The van der Waals surface area contributed by atoms with Crippen LogP contribution < -0.4 is 9.47 Å². The molecule has 0 aliphatic carbocycles. The van der Waals surface area contributed by atoms with Crippen LogP contribution >= 0.6 is 23.1 Å². The molecule has 0 radical (unpaired) electrons. The van der Waals surface area contributed by atoms with Gasteiger partial charge in [-0.2, -0.15) is 0 Å². The van der Waals surface area contributed by atoms with Gasteiger partial charge in [-0.25, -0.2) is 9.97 Å². The second kappa shape index (κ2) is 7.30. The van der Waals surface area contributed by atoms with E-state index in [1.54, 1.807) is 18.2 Å². The van der Waals surface area contributed by atoms with Gasteiger partial charge >= 0.3 is 5.97 Å². The smallest absolute Gasteiger partial charge is 0.316 e. The molecule has 3 heterocycles. The molecule has 2 aromatic heterocycles. The number of hydrogen-bond acceptors (Lipinski definition) is 9. The number of Topliss-reactive ketones (excluding diaryl/α,β-unsaturated/α-hetero) is 1. The summed E-state index contributed by atoms with van der Waals surface area (Å²) < 4.78 is 15.5. The van der Waals surface area contributed by atoms with Gasteiger partial charge in [-0.15, -0.1) is 11.3 Å². The summed E-state index contributed by atoms with van der Waals surface area (Å²) in [5.74, 6) is 0.395. The van der Waals surface area contributed by atoms with Crippen molar-refractivity contribution in [3.63, 3.8) is 0 Å². The number of esters is 1. The first-order valence-corrected chi connectivity index (χ1v) is 9.47. The molecule has 7 nitrogen and oxygen atoms in total. The molecule has 4 rings (SSSR count). The molecule has 3 aromatic rings. The predicted molar refractivity (Wildman–Crippen MR) is 96.0 cm³/mol. The molecule has 0 saturated heterocycles. The zero-order valence-electron chi connectivity index (χ0n) is 13.3. The minimum Gasteiger partial charge on any atom is -0.457 e. The molecule has 0 amide bonds. The van der Waals surface area contributed by atoms with Crippen molar-refractivity contribution in [2.24, 2.45) is 0 Å². The van der Waals surface area contributed by atoms with E-state index in [2.05, 4.69) is 9.97 Å². The van der Waals surface area contributed by atoms with E-state index in [0.717, 1.165) is 15.2 Å². The van der Waals surface area contributed by atoms with Gasteiger partial charge in [0, 0.05) is 10.9 Å². The minimum atomic E-state index is -0.480. The zero-order chi connectivity index (χ0) is 17.9. The van der Waals surface area contributed by atoms with Crippen molar-refractivity contribution in [1.82, 2.24) is 9.97 Å². The van der Waals surface area contributed by atoms with Crippen LogP contribution in [0.1, 0.15) is 10.4 Å². The van der Waals surface area contributed by atoms with Crippen molar-refractivity contribution in [2.75, 3.05) is 19.2 Å². The molecule has 0 fully saturated rings. The number of carbonyl (C=O) groups is 2. The number of carbonyl (C=O) groups excluding carboxylic acids is 2. The number of thiophene rings is 1. The third-order valence-corrected chi connectivity index (χ3v) is 5.41. The maximum atomic E-state index is 12.2. The summed E-state index contributed by atoms with van der Waals surface area (Å²) in [5, 5.41) is 3.55. The first-order valence-electron chi connectivity index (χ1n) is 7.60. The summed E-state index contributed by atoms with van der Waals surface area (Å²) in [6, 6.07) is 6.78. The Morgan fingerprint density at radius 3 is 3.00 bits per heavy atom. The summed E-state index contributed by atoms with van der Waals surface area (Å²) in [4.78, 5) is 33.3. The number of benzene rings is 1. The monoisotopic (exact) mass is 388 g/mol. The Labute approximate surface area is 156 Å². The number of hydrogen-bond donors (Lipinski definition) is 0. The molecule has 0 saturated carbocycles. The Morgan fingerprint density at radius 2 is 2.08 bits per heavy atom. The first-order chi connectivity index (χ1) is 12.7. The highest BCUT2D eigenvalue weighted by Gasteiger charge is 2.17. The molecule has 0 atom stereocenters. The van der Waals surface area contributed by atoms with E-state index in [-0.39, 0.29) is 24.9 Å². The SMILES string of the molecule is O=C(CSc1ncnc2sccc12)OCC(=O)c1ccc2c(c1)OCO2. The van der Waals surface area contributed by atoms with Crippen molar-refractivity contribution in [1.29, 1.82) is 0 Å². The Morgan fingerprint density at radius 1 is 1.19 bits per heavy atom. The molecule has 1 aliphatic heterocycles. The first kappa shape index (κ1) is 16.8. The fourth-order valence-electron chi connectivity index (χ4n) is 2.35. The maximum Gasteiger partial charge on any atom is 0.316 e. The van der Waals surface area contributed by atoms with Crippen LogP contribution in [-0.2, 0) is 9.53 Å². The lowest BCUT2D eigenvalue weighted by Crippen LogP contribution is -2.15. The summed E-state index contributed by atoms with van der Waals surface area (Å²) in [6.45, 7) is -0.184. The van der Waals surface area contributed by atoms with Gasteiger partial charge in [0.05, 0.1) is 5.75 Å². The van der Waals surface area contributed by atoms with E-state index in [0.29, 0.717) is 17.1 Å². The molecule has 9 heteroatoms. The number of aromatic nitrogens is 2. The number of thioether (sulfide) groups is 1. The second-order valence-corrected chi connectivity index (χ2v) is 7.12. The lowest BCUT2D eigenvalue weighted by Gasteiger charge is -2.05. The molecular weight excluding hydrogens is 376 g/mol. The van der Waals surface area contributed by atoms with Crippen LogP contribution in [0.15, 0.2) is 41.0 Å². The molecule has 132 valence electrons. The Bertz CT molecular complexity index is 988. The quantitative estimate of drug-likeness (QED) is 0.276. The standard InChI is InChI=1S/C17H12N2O5S2/c20-12(10-1-2-13-14(5-10)24-9-23-13)6-22-15(21)7-26-17-11-3-4-25-16(11)18-8-19-17/h1-5,8H,6-7,9H2. The van der Waals surface area contributed by atoms with Crippen molar-refractivity contribution in [3.8, 4) is 11.5 Å². The number of ether oxygens (including phenoxy) is 3. The average molecular weight is 388 g/mol. The van der Waals surface area contributed by atoms with Crippen LogP contribution in [-0.4, -0.2) is 40.9 Å². The zero-order valence-corrected chi connectivity index (χ0v) is 15.0. The van der Waals surface area contributed by atoms with Gasteiger partial charge in [0.2, 0.25) is 6.79 Å². The van der Waals surface area contributed by atoms with E-state index >= 15 is 0 Å². The van der Waals surface area contributed by atoms with Crippen LogP contribution in [0.25, 0.3) is 10.2 Å². The normalized spacial score (nSPS) is 12.3.